The van der Waals surface area contributed by atoms with Gasteiger partial charge < -0.3 is 0 Å². The normalized spacial score (nSPS) is 11.9. The molecule has 0 fully saturated rings. The fourth-order valence-electron chi connectivity index (χ4n) is 1.38. The Balaban J connectivity index is 3.04. The molecule has 19 heavy (non-hydrogen) atoms. The van der Waals surface area contributed by atoms with Crippen molar-refractivity contribution < 1.29 is 13.3 Å². The molecule has 1 N–H and O–H groups in total. The predicted octanol–water partition coefficient (Wildman–Crippen LogP) is 2.49. The average Bonchev–Trinajstić information content (AvgIpc) is 2.34. The van der Waals surface area contributed by atoms with Crippen LogP contribution in [0.2, 0.25) is 5.02 Å². The Morgan fingerprint density at radius 1 is 1.47 bits per heavy atom. The molecule has 104 valence electrons. The van der Waals surface area contributed by atoms with Crippen LogP contribution in [0.4, 0.5) is 5.69 Å². The molecule has 8 heteroatoms. The minimum atomic E-state index is -3.92. The van der Waals surface area contributed by atoms with E-state index >= 15 is 0 Å². The van der Waals surface area contributed by atoms with Gasteiger partial charge in [-0.3, -0.25) is 10.1 Å². The summed E-state index contributed by atoms with van der Waals surface area (Å²) in [4.78, 5) is 9.68. The molecule has 0 aliphatic carbocycles. The molecular weight excluding hydrogens is 292 g/mol. The summed E-state index contributed by atoms with van der Waals surface area (Å²) in [7, 11) is -3.92. The predicted molar refractivity (Wildman–Crippen MR) is 72.7 cm³/mol. The van der Waals surface area contributed by atoms with Crippen molar-refractivity contribution in [2.24, 2.45) is 0 Å². The summed E-state index contributed by atoms with van der Waals surface area (Å²) in [6.45, 7) is 1.99. The molecule has 0 radical (unpaired) electrons. The van der Waals surface area contributed by atoms with Gasteiger partial charge in [0.1, 0.15) is 0 Å². The number of hydrogen-bond acceptors (Lipinski definition) is 4. The molecule has 0 bridgehead atoms. The van der Waals surface area contributed by atoms with E-state index in [2.05, 4.69) is 4.72 Å². The first-order valence-corrected chi connectivity index (χ1v) is 7.29. The van der Waals surface area contributed by atoms with Crippen molar-refractivity contribution in [3.05, 3.63) is 45.5 Å². The van der Waals surface area contributed by atoms with Gasteiger partial charge in [0.2, 0.25) is 10.0 Å². The molecule has 0 saturated carbocycles. The number of sulfonamides is 1. The van der Waals surface area contributed by atoms with Crippen LogP contribution in [0.1, 0.15) is 13.3 Å². The van der Waals surface area contributed by atoms with E-state index in [0.717, 1.165) is 12.1 Å². The summed E-state index contributed by atoms with van der Waals surface area (Å²) in [6.07, 6.45) is 4.09. The van der Waals surface area contributed by atoms with Crippen molar-refractivity contribution in [3.63, 3.8) is 0 Å². The Hall–Kier alpha value is -1.44. The van der Waals surface area contributed by atoms with Gasteiger partial charge in [-0.15, -0.1) is 0 Å². The third kappa shape index (κ3) is 4.30. The lowest BCUT2D eigenvalue weighted by Gasteiger charge is -2.06. The van der Waals surface area contributed by atoms with Gasteiger partial charge in [-0.1, -0.05) is 23.8 Å². The maximum atomic E-state index is 11.9. The zero-order valence-electron chi connectivity index (χ0n) is 10.2. The fourth-order valence-corrected chi connectivity index (χ4v) is 2.75. The minimum absolute atomic E-state index is 0.111. The lowest BCUT2D eigenvalue weighted by Crippen LogP contribution is -2.25. The molecule has 0 heterocycles. The van der Waals surface area contributed by atoms with Gasteiger partial charge in [-0.2, -0.15) is 0 Å². The molecule has 0 aliphatic heterocycles. The number of nitrogens with one attached hydrogen (secondary N) is 1. The number of rotatable bonds is 6. The van der Waals surface area contributed by atoms with E-state index in [1.165, 1.54) is 6.07 Å². The third-order valence-corrected chi connectivity index (χ3v) is 3.99. The zero-order valence-corrected chi connectivity index (χ0v) is 11.7. The SMILES string of the molecule is C/C=C/CCNS(=O)(=O)c1ccc(Cl)cc1[N+](=O)[O-]. The lowest BCUT2D eigenvalue weighted by molar-refractivity contribution is -0.387. The van der Waals surface area contributed by atoms with Crippen molar-refractivity contribution >= 4 is 27.3 Å². The van der Waals surface area contributed by atoms with Crippen LogP contribution in [-0.2, 0) is 10.0 Å². The monoisotopic (exact) mass is 304 g/mol. The van der Waals surface area contributed by atoms with Gasteiger partial charge in [0, 0.05) is 17.6 Å². The first kappa shape index (κ1) is 15.6. The van der Waals surface area contributed by atoms with E-state index in [1.54, 1.807) is 12.2 Å². The van der Waals surface area contributed by atoms with E-state index in [1.807, 2.05) is 6.92 Å². The van der Waals surface area contributed by atoms with Gasteiger partial charge in [-0.25, -0.2) is 13.1 Å². The van der Waals surface area contributed by atoms with Crippen molar-refractivity contribution in [1.82, 2.24) is 4.72 Å². The summed E-state index contributed by atoms with van der Waals surface area (Å²) in [5, 5.41) is 11.0. The molecule has 1 aromatic rings. The van der Waals surface area contributed by atoms with Gasteiger partial charge in [0.15, 0.2) is 4.90 Å². The van der Waals surface area contributed by atoms with Gasteiger partial charge in [-0.05, 0) is 25.5 Å². The quantitative estimate of drug-likeness (QED) is 0.378. The van der Waals surface area contributed by atoms with Crippen molar-refractivity contribution in [3.8, 4) is 0 Å². The smallest absolute Gasteiger partial charge is 0.258 e. The van der Waals surface area contributed by atoms with Crippen LogP contribution >= 0.6 is 11.6 Å². The van der Waals surface area contributed by atoms with Crippen LogP contribution < -0.4 is 4.72 Å². The molecule has 1 rings (SSSR count). The number of allylic oxidation sites excluding steroid dienone is 1. The van der Waals surface area contributed by atoms with E-state index < -0.39 is 20.6 Å². The average molecular weight is 305 g/mol. The molecule has 0 amide bonds. The maximum absolute atomic E-state index is 11.9. The fraction of sp³-hybridized carbons (Fsp3) is 0.273. The van der Waals surface area contributed by atoms with Gasteiger partial charge >= 0.3 is 0 Å². The Bertz CT molecular complexity index is 599. The summed E-state index contributed by atoms with van der Waals surface area (Å²) >= 11 is 5.63. The Morgan fingerprint density at radius 3 is 2.74 bits per heavy atom. The summed E-state index contributed by atoms with van der Waals surface area (Å²) in [5.74, 6) is 0. The van der Waals surface area contributed by atoms with E-state index in [4.69, 9.17) is 11.6 Å². The Kier molecular flexibility index (Phi) is 5.46. The first-order valence-electron chi connectivity index (χ1n) is 5.43. The van der Waals surface area contributed by atoms with E-state index in [-0.39, 0.29) is 16.5 Å². The van der Waals surface area contributed by atoms with Crippen LogP contribution in [0.5, 0.6) is 0 Å². The summed E-state index contributed by atoms with van der Waals surface area (Å²) in [5.41, 5.74) is -0.536. The zero-order chi connectivity index (χ0) is 14.5. The summed E-state index contributed by atoms with van der Waals surface area (Å²) in [6, 6.07) is 3.44. The number of halogens is 1. The van der Waals surface area contributed by atoms with Crippen LogP contribution in [0, 0.1) is 10.1 Å². The molecule has 0 aromatic heterocycles. The van der Waals surface area contributed by atoms with Crippen molar-refractivity contribution in [2.45, 2.75) is 18.2 Å². The second-order valence-corrected chi connectivity index (χ2v) is 5.80. The van der Waals surface area contributed by atoms with E-state index in [0.29, 0.717) is 6.42 Å². The van der Waals surface area contributed by atoms with Crippen LogP contribution in [0.3, 0.4) is 0 Å². The molecule has 6 nitrogen and oxygen atoms in total. The topological polar surface area (TPSA) is 89.3 Å². The second-order valence-electron chi connectivity index (χ2n) is 3.62. The highest BCUT2D eigenvalue weighted by atomic mass is 35.5. The highest BCUT2D eigenvalue weighted by Gasteiger charge is 2.25. The van der Waals surface area contributed by atoms with Crippen molar-refractivity contribution in [2.75, 3.05) is 6.54 Å². The number of nitro groups is 1. The van der Waals surface area contributed by atoms with Gasteiger partial charge in [0.05, 0.1) is 4.92 Å². The van der Waals surface area contributed by atoms with E-state index in [9.17, 15) is 18.5 Å². The molecular formula is C11H13ClN2O4S. The Morgan fingerprint density at radius 2 is 2.16 bits per heavy atom. The largest absolute Gasteiger partial charge is 0.290 e. The Labute approximate surface area is 116 Å². The lowest BCUT2D eigenvalue weighted by atomic mass is 10.3. The molecule has 0 spiro atoms. The van der Waals surface area contributed by atoms with Crippen LogP contribution in [0.15, 0.2) is 35.2 Å². The molecule has 0 unspecified atom stereocenters. The number of benzene rings is 1. The standard InChI is InChI=1S/C11H13ClN2O4S/c1-2-3-4-7-13-19(17,18)11-6-5-9(12)8-10(11)14(15)16/h2-3,5-6,8,13H,4,7H2,1H3/b3-2+. The van der Waals surface area contributed by atoms with Crippen LogP contribution in [-0.4, -0.2) is 19.9 Å². The van der Waals surface area contributed by atoms with Crippen molar-refractivity contribution in [1.29, 1.82) is 0 Å². The first-order chi connectivity index (χ1) is 8.88. The highest BCUT2D eigenvalue weighted by Crippen LogP contribution is 2.26. The van der Waals surface area contributed by atoms with Gasteiger partial charge in [0.25, 0.3) is 5.69 Å². The number of nitro benzene ring substituents is 1. The van der Waals surface area contributed by atoms with Crippen LogP contribution in [0.25, 0.3) is 0 Å². The molecule has 0 saturated heterocycles. The minimum Gasteiger partial charge on any atom is -0.258 e. The highest BCUT2D eigenvalue weighted by molar-refractivity contribution is 7.89. The molecule has 0 aliphatic rings. The second kappa shape index (κ2) is 6.65. The number of nitrogens with zero attached hydrogens (tertiary/aromatic N) is 1. The maximum Gasteiger partial charge on any atom is 0.290 e. The molecule has 1 aromatic carbocycles. The number of hydrogen-bond donors (Lipinski definition) is 1. The summed E-state index contributed by atoms with van der Waals surface area (Å²) < 4.78 is 26.2. The molecule has 0 atom stereocenters. The third-order valence-electron chi connectivity index (χ3n) is 2.25.